The molecule has 0 spiro atoms. The van der Waals surface area contributed by atoms with Gasteiger partial charge in [0.1, 0.15) is 0 Å². The number of aromatic nitrogens is 3. The number of imidazole rings is 1. The Hall–Kier alpha value is -4.00. The van der Waals surface area contributed by atoms with Crippen molar-refractivity contribution in [2.45, 2.75) is 20.3 Å². The number of hydrogen-bond donors (Lipinski definition) is 1. The van der Waals surface area contributed by atoms with Crippen LogP contribution in [0.5, 0.6) is 0 Å². The molecule has 160 valence electrons. The molecule has 1 fully saturated rings. The lowest BCUT2D eigenvalue weighted by molar-refractivity contribution is -0.122. The monoisotopic (exact) mass is 425 g/mol. The summed E-state index contributed by atoms with van der Waals surface area (Å²) < 4.78 is 1.85. The molecule has 1 aliphatic rings. The first-order valence-corrected chi connectivity index (χ1v) is 10.6. The zero-order valence-electron chi connectivity index (χ0n) is 17.9. The third-order valence-electron chi connectivity index (χ3n) is 5.96. The topological polar surface area (TPSA) is 79.6 Å². The molecule has 1 atom stereocenters. The lowest BCUT2D eigenvalue weighted by Crippen LogP contribution is -2.28. The number of anilines is 2. The third kappa shape index (κ3) is 3.73. The van der Waals surface area contributed by atoms with Gasteiger partial charge in [-0.2, -0.15) is 0 Å². The van der Waals surface area contributed by atoms with Gasteiger partial charge in [-0.25, -0.2) is 9.97 Å². The minimum absolute atomic E-state index is 0.0284. The molecule has 2 aromatic heterocycles. The van der Waals surface area contributed by atoms with Crippen molar-refractivity contribution in [2.24, 2.45) is 5.92 Å². The van der Waals surface area contributed by atoms with Crippen LogP contribution in [-0.2, 0) is 9.59 Å². The van der Waals surface area contributed by atoms with Crippen LogP contribution < -0.4 is 10.2 Å². The Balaban J connectivity index is 1.31. The van der Waals surface area contributed by atoms with Crippen molar-refractivity contribution >= 4 is 29.0 Å². The Morgan fingerprint density at radius 2 is 1.97 bits per heavy atom. The van der Waals surface area contributed by atoms with Gasteiger partial charge in [0.25, 0.3) is 0 Å². The predicted octanol–water partition coefficient (Wildman–Crippen LogP) is 4.00. The van der Waals surface area contributed by atoms with Crippen LogP contribution in [0.4, 0.5) is 11.4 Å². The van der Waals surface area contributed by atoms with E-state index in [1.54, 1.807) is 11.1 Å². The van der Waals surface area contributed by atoms with Gasteiger partial charge in [-0.05, 0) is 55.3 Å². The first-order valence-electron chi connectivity index (χ1n) is 10.6. The van der Waals surface area contributed by atoms with Gasteiger partial charge in [0.2, 0.25) is 17.6 Å². The average molecular weight is 425 g/mol. The maximum Gasteiger partial charge on any atom is 0.234 e. The second kappa shape index (κ2) is 7.92. The highest BCUT2D eigenvalue weighted by Crippen LogP contribution is 2.28. The third-order valence-corrected chi connectivity index (χ3v) is 5.96. The zero-order valence-corrected chi connectivity index (χ0v) is 17.9. The number of carbonyl (C=O) groups is 2. The normalized spacial score (nSPS) is 16.0. The Morgan fingerprint density at radius 1 is 1.09 bits per heavy atom. The van der Waals surface area contributed by atoms with E-state index >= 15 is 0 Å². The van der Waals surface area contributed by atoms with Crippen molar-refractivity contribution in [3.05, 3.63) is 78.2 Å². The van der Waals surface area contributed by atoms with E-state index in [0.717, 1.165) is 22.5 Å². The van der Waals surface area contributed by atoms with E-state index < -0.39 is 5.92 Å². The number of nitrogens with zero attached hydrogens (tertiary/aromatic N) is 4. The van der Waals surface area contributed by atoms with E-state index in [1.165, 1.54) is 5.56 Å². The molecule has 1 saturated heterocycles. The zero-order chi connectivity index (χ0) is 22.2. The summed E-state index contributed by atoms with van der Waals surface area (Å²) in [5, 5.41) is 2.97. The fourth-order valence-corrected chi connectivity index (χ4v) is 4.00. The molecule has 5 rings (SSSR count). The number of aryl methyl sites for hydroxylation is 2. The summed E-state index contributed by atoms with van der Waals surface area (Å²) in [7, 11) is 0. The van der Waals surface area contributed by atoms with Crippen molar-refractivity contribution in [3.8, 4) is 11.3 Å². The number of benzene rings is 2. The van der Waals surface area contributed by atoms with Crippen molar-refractivity contribution in [2.75, 3.05) is 16.8 Å². The molecule has 2 amide bonds. The molecule has 0 unspecified atom stereocenters. The Labute approximate surface area is 185 Å². The lowest BCUT2D eigenvalue weighted by Gasteiger charge is -2.18. The van der Waals surface area contributed by atoms with Gasteiger partial charge in [0.05, 0.1) is 11.6 Å². The molecule has 0 bridgehead atoms. The Morgan fingerprint density at radius 3 is 2.78 bits per heavy atom. The lowest BCUT2D eigenvalue weighted by atomic mass is 10.1. The van der Waals surface area contributed by atoms with Gasteiger partial charge >= 0.3 is 0 Å². The number of fused-ring (bicyclic) bond motifs is 1. The van der Waals surface area contributed by atoms with Crippen LogP contribution in [0.3, 0.4) is 0 Å². The summed E-state index contributed by atoms with van der Waals surface area (Å²) >= 11 is 0. The van der Waals surface area contributed by atoms with E-state index in [4.69, 9.17) is 0 Å². The summed E-state index contributed by atoms with van der Waals surface area (Å²) in [6.45, 7) is 4.44. The molecule has 1 N–H and O–H groups in total. The predicted molar refractivity (Wildman–Crippen MR) is 123 cm³/mol. The number of nitrogens with one attached hydrogen (secondary N) is 1. The Bertz CT molecular complexity index is 1310. The SMILES string of the molecule is Cc1ccc(N2C[C@@H](C(=O)Nc3cccc(-c4cn5cccnc5n4)c3)CC2=O)cc1C. The smallest absolute Gasteiger partial charge is 0.234 e. The van der Waals surface area contributed by atoms with Crippen molar-refractivity contribution in [1.29, 1.82) is 0 Å². The van der Waals surface area contributed by atoms with E-state index in [-0.39, 0.29) is 18.2 Å². The molecular weight excluding hydrogens is 402 g/mol. The van der Waals surface area contributed by atoms with E-state index in [0.29, 0.717) is 18.0 Å². The molecule has 32 heavy (non-hydrogen) atoms. The summed E-state index contributed by atoms with van der Waals surface area (Å²) in [5.41, 5.74) is 5.48. The Kier molecular flexibility index (Phi) is 4.93. The standard InChI is InChI=1S/C25H23N5O2/c1-16-7-8-21(11-17(16)2)30-14-19(13-23(30)31)24(32)27-20-6-3-5-18(12-20)22-15-29-10-4-9-26-25(29)28-22/h3-12,15,19H,13-14H2,1-2H3,(H,27,32)/t19-/m0/s1. The van der Waals surface area contributed by atoms with Crippen LogP contribution in [0.2, 0.25) is 0 Å². The molecule has 1 aliphatic heterocycles. The highest BCUT2D eigenvalue weighted by molar-refractivity contribution is 6.03. The molecule has 0 aliphatic carbocycles. The highest BCUT2D eigenvalue weighted by atomic mass is 16.2. The summed E-state index contributed by atoms with van der Waals surface area (Å²) in [6, 6.07) is 15.3. The number of rotatable bonds is 4. The molecule has 4 aromatic rings. The summed E-state index contributed by atoms with van der Waals surface area (Å²) in [4.78, 5) is 36.0. The van der Waals surface area contributed by atoms with Gasteiger partial charge in [0, 0.05) is 48.5 Å². The van der Waals surface area contributed by atoms with Crippen molar-refractivity contribution < 1.29 is 9.59 Å². The van der Waals surface area contributed by atoms with Gasteiger partial charge in [-0.1, -0.05) is 18.2 Å². The molecule has 0 saturated carbocycles. The van der Waals surface area contributed by atoms with Gasteiger partial charge in [0.15, 0.2) is 0 Å². The van der Waals surface area contributed by atoms with Crippen LogP contribution in [0, 0.1) is 19.8 Å². The minimum atomic E-state index is -0.396. The van der Waals surface area contributed by atoms with E-state index in [1.807, 2.05) is 79.2 Å². The molecule has 2 aromatic carbocycles. The first-order chi connectivity index (χ1) is 15.5. The van der Waals surface area contributed by atoms with Crippen LogP contribution in [-0.4, -0.2) is 32.7 Å². The molecule has 3 heterocycles. The first kappa shape index (κ1) is 19.9. The summed E-state index contributed by atoms with van der Waals surface area (Å²) in [5.74, 6) is 0.0397. The maximum absolute atomic E-state index is 12.9. The van der Waals surface area contributed by atoms with E-state index in [2.05, 4.69) is 15.3 Å². The van der Waals surface area contributed by atoms with Gasteiger partial charge in [-0.3, -0.25) is 14.0 Å². The quantitative estimate of drug-likeness (QED) is 0.536. The van der Waals surface area contributed by atoms with Crippen LogP contribution in [0.25, 0.3) is 17.0 Å². The molecule has 7 heteroatoms. The molecule has 7 nitrogen and oxygen atoms in total. The van der Waals surface area contributed by atoms with Crippen LogP contribution in [0.15, 0.2) is 67.1 Å². The van der Waals surface area contributed by atoms with Crippen LogP contribution >= 0.6 is 0 Å². The number of hydrogen-bond acceptors (Lipinski definition) is 4. The fraction of sp³-hybridized carbons (Fsp3) is 0.200. The highest BCUT2D eigenvalue weighted by Gasteiger charge is 2.35. The van der Waals surface area contributed by atoms with Crippen molar-refractivity contribution in [3.63, 3.8) is 0 Å². The summed E-state index contributed by atoms with van der Waals surface area (Å²) in [6.07, 6.45) is 5.70. The van der Waals surface area contributed by atoms with Gasteiger partial charge < -0.3 is 10.2 Å². The minimum Gasteiger partial charge on any atom is -0.326 e. The van der Waals surface area contributed by atoms with E-state index in [9.17, 15) is 9.59 Å². The molecular formula is C25H23N5O2. The molecule has 0 radical (unpaired) electrons. The van der Waals surface area contributed by atoms with Crippen LogP contribution in [0.1, 0.15) is 17.5 Å². The number of amides is 2. The second-order valence-corrected chi connectivity index (χ2v) is 8.20. The maximum atomic E-state index is 12.9. The second-order valence-electron chi connectivity index (χ2n) is 8.20. The van der Waals surface area contributed by atoms with Gasteiger partial charge in [-0.15, -0.1) is 0 Å². The number of carbonyl (C=O) groups excluding carboxylic acids is 2. The fourth-order valence-electron chi connectivity index (χ4n) is 4.00. The largest absolute Gasteiger partial charge is 0.326 e. The van der Waals surface area contributed by atoms with Crippen molar-refractivity contribution in [1.82, 2.24) is 14.4 Å². The average Bonchev–Trinajstić information content (AvgIpc) is 3.40.